The third-order valence-electron chi connectivity index (χ3n) is 4.20. The first kappa shape index (κ1) is 12.3. The predicted molar refractivity (Wildman–Crippen MR) is 71.0 cm³/mol. The van der Waals surface area contributed by atoms with Gasteiger partial charge >= 0.3 is 0 Å². The van der Waals surface area contributed by atoms with Crippen LogP contribution in [0, 0.1) is 29.6 Å². The van der Waals surface area contributed by atoms with Crippen molar-refractivity contribution in [2.24, 2.45) is 17.8 Å². The molecule has 1 heterocycles. The number of hydrogen-bond donors (Lipinski definition) is 0. The Morgan fingerprint density at radius 2 is 2.17 bits per heavy atom. The summed E-state index contributed by atoms with van der Waals surface area (Å²) in [5.41, 5.74) is -0.334. The van der Waals surface area contributed by atoms with Crippen LogP contribution in [0.5, 0.6) is 0 Å². The van der Waals surface area contributed by atoms with Crippen molar-refractivity contribution in [2.75, 3.05) is 13.2 Å². The highest BCUT2D eigenvalue weighted by Crippen LogP contribution is 2.44. The third-order valence-corrected chi connectivity index (χ3v) is 4.20. The lowest BCUT2D eigenvalue weighted by Gasteiger charge is -2.19. The van der Waals surface area contributed by atoms with Gasteiger partial charge in [-0.25, -0.2) is 0 Å². The molecule has 0 amide bonds. The molecule has 0 unspecified atom stereocenters. The molecule has 0 aromatic carbocycles. The summed E-state index contributed by atoms with van der Waals surface area (Å²) in [7, 11) is 0. The zero-order valence-corrected chi connectivity index (χ0v) is 11.3. The van der Waals surface area contributed by atoms with Gasteiger partial charge in [0.2, 0.25) is 0 Å². The smallest absolute Gasteiger partial charge is 0.123 e. The van der Waals surface area contributed by atoms with Crippen molar-refractivity contribution in [1.82, 2.24) is 0 Å². The fourth-order valence-electron chi connectivity index (χ4n) is 3.03. The third kappa shape index (κ3) is 2.96. The Labute approximate surface area is 110 Å². The Balaban J connectivity index is 1.46. The first-order valence-electron chi connectivity index (χ1n) is 7.06. The quantitative estimate of drug-likeness (QED) is 0.432. The Morgan fingerprint density at radius 3 is 2.78 bits per heavy atom. The van der Waals surface area contributed by atoms with E-state index in [1.165, 1.54) is 12.8 Å². The molecule has 18 heavy (non-hydrogen) atoms. The number of ether oxygens (including phenoxy) is 2. The molecular weight excluding hydrogens is 224 g/mol. The van der Waals surface area contributed by atoms with Crippen molar-refractivity contribution < 1.29 is 9.47 Å². The van der Waals surface area contributed by atoms with Crippen LogP contribution in [-0.2, 0) is 9.47 Å². The van der Waals surface area contributed by atoms with Crippen LogP contribution in [0.1, 0.15) is 33.1 Å². The first-order chi connectivity index (χ1) is 8.62. The normalized spacial score (nSPS) is 36.6. The molecule has 0 spiro atoms. The molecule has 2 nitrogen and oxygen atoms in total. The van der Waals surface area contributed by atoms with Gasteiger partial charge in [-0.2, -0.15) is 0 Å². The van der Waals surface area contributed by atoms with Crippen LogP contribution in [0.25, 0.3) is 0 Å². The highest BCUT2D eigenvalue weighted by molar-refractivity contribution is 5.16. The van der Waals surface area contributed by atoms with Crippen LogP contribution >= 0.6 is 0 Å². The molecule has 2 fully saturated rings. The van der Waals surface area contributed by atoms with Crippen LogP contribution < -0.4 is 0 Å². The van der Waals surface area contributed by atoms with E-state index in [9.17, 15) is 0 Å². The summed E-state index contributed by atoms with van der Waals surface area (Å²) in [6, 6.07) is 0. The largest absolute Gasteiger partial charge is 0.371 e. The standard InChI is InChI=1S/C16H22O2/c1-16(2,18-11-15-10-17-15)7-3-4-13-8-12-5-6-14(13)9-12/h5-6,12-15H,4,8-11H2,1-2H3/t12-,13-,14+,15+/m1/s1. The Morgan fingerprint density at radius 1 is 1.33 bits per heavy atom. The molecule has 1 saturated carbocycles. The lowest BCUT2D eigenvalue weighted by Crippen LogP contribution is -2.24. The molecule has 3 aliphatic rings. The van der Waals surface area contributed by atoms with Gasteiger partial charge in [0, 0.05) is 6.42 Å². The number of hydrogen-bond acceptors (Lipinski definition) is 2. The van der Waals surface area contributed by atoms with Crippen molar-refractivity contribution in [3.63, 3.8) is 0 Å². The average Bonchev–Trinajstić information content (AvgIpc) is 2.94. The van der Waals surface area contributed by atoms with E-state index in [1.54, 1.807) is 0 Å². The Kier molecular flexibility index (Phi) is 3.21. The summed E-state index contributed by atoms with van der Waals surface area (Å²) in [5, 5.41) is 0. The minimum absolute atomic E-state index is 0.321. The van der Waals surface area contributed by atoms with Crippen LogP contribution in [-0.4, -0.2) is 24.9 Å². The monoisotopic (exact) mass is 246 g/mol. The Bertz CT molecular complexity index is 395. The fraction of sp³-hybridized carbons (Fsp3) is 0.750. The molecule has 0 N–H and O–H groups in total. The minimum Gasteiger partial charge on any atom is -0.371 e. The molecule has 0 radical (unpaired) electrons. The minimum atomic E-state index is -0.334. The average molecular weight is 246 g/mol. The van der Waals surface area contributed by atoms with E-state index < -0.39 is 0 Å². The SMILES string of the molecule is CC(C)(C#CC[C@@H]1C[C@H]2C=C[C@H]1C2)OC[C@@H]1CO1. The van der Waals surface area contributed by atoms with E-state index in [4.69, 9.17) is 9.47 Å². The van der Waals surface area contributed by atoms with Gasteiger partial charge in [0.25, 0.3) is 0 Å². The van der Waals surface area contributed by atoms with Gasteiger partial charge in [0.15, 0.2) is 0 Å². The summed E-state index contributed by atoms with van der Waals surface area (Å²) in [6.45, 7) is 5.62. The highest BCUT2D eigenvalue weighted by atomic mass is 16.6. The van der Waals surface area contributed by atoms with Gasteiger partial charge in [0.1, 0.15) is 11.7 Å². The molecule has 0 aromatic rings. The summed E-state index contributed by atoms with van der Waals surface area (Å²) in [4.78, 5) is 0. The van der Waals surface area contributed by atoms with E-state index in [0.29, 0.717) is 12.7 Å². The van der Waals surface area contributed by atoms with Gasteiger partial charge in [0.05, 0.1) is 13.2 Å². The zero-order chi connectivity index (χ0) is 12.6. The maximum Gasteiger partial charge on any atom is 0.123 e. The fourth-order valence-corrected chi connectivity index (χ4v) is 3.03. The van der Waals surface area contributed by atoms with E-state index in [2.05, 4.69) is 24.0 Å². The lowest BCUT2D eigenvalue weighted by atomic mass is 9.90. The molecular formula is C16H22O2. The molecule has 3 rings (SSSR count). The van der Waals surface area contributed by atoms with Crippen molar-refractivity contribution in [3.05, 3.63) is 12.2 Å². The molecule has 2 bridgehead atoms. The van der Waals surface area contributed by atoms with Crippen LogP contribution in [0.15, 0.2) is 12.2 Å². The second-order valence-corrected chi connectivity index (χ2v) is 6.32. The molecule has 4 atom stereocenters. The van der Waals surface area contributed by atoms with Crippen LogP contribution in [0.4, 0.5) is 0 Å². The van der Waals surface area contributed by atoms with Crippen molar-refractivity contribution in [3.8, 4) is 11.8 Å². The van der Waals surface area contributed by atoms with Gasteiger partial charge in [-0.1, -0.05) is 24.0 Å². The number of allylic oxidation sites excluding steroid dienone is 2. The van der Waals surface area contributed by atoms with Crippen molar-refractivity contribution in [1.29, 1.82) is 0 Å². The molecule has 98 valence electrons. The number of rotatable bonds is 4. The molecule has 0 aromatic heterocycles. The summed E-state index contributed by atoms with van der Waals surface area (Å²) in [5.74, 6) is 9.06. The van der Waals surface area contributed by atoms with E-state index in [0.717, 1.165) is 30.8 Å². The van der Waals surface area contributed by atoms with Crippen molar-refractivity contribution >= 4 is 0 Å². The molecule has 1 aliphatic heterocycles. The predicted octanol–water partition coefficient (Wildman–Crippen LogP) is 2.79. The number of epoxide rings is 1. The second-order valence-electron chi connectivity index (χ2n) is 6.32. The second kappa shape index (κ2) is 4.72. The van der Waals surface area contributed by atoms with E-state index in [-0.39, 0.29) is 5.60 Å². The maximum atomic E-state index is 5.77. The highest BCUT2D eigenvalue weighted by Gasteiger charge is 2.34. The van der Waals surface area contributed by atoms with Gasteiger partial charge < -0.3 is 9.47 Å². The summed E-state index contributed by atoms with van der Waals surface area (Å²) in [6.07, 6.45) is 8.84. The zero-order valence-electron chi connectivity index (χ0n) is 11.3. The Hall–Kier alpha value is -0.780. The first-order valence-corrected chi connectivity index (χ1v) is 7.06. The van der Waals surface area contributed by atoms with Gasteiger partial charge in [-0.05, 0) is 44.4 Å². The summed E-state index contributed by atoms with van der Waals surface area (Å²) >= 11 is 0. The van der Waals surface area contributed by atoms with E-state index >= 15 is 0 Å². The summed E-state index contributed by atoms with van der Waals surface area (Å²) < 4.78 is 10.9. The number of fused-ring (bicyclic) bond motifs is 2. The van der Waals surface area contributed by atoms with Crippen molar-refractivity contribution in [2.45, 2.75) is 44.8 Å². The molecule has 2 aliphatic carbocycles. The van der Waals surface area contributed by atoms with Crippen LogP contribution in [0.2, 0.25) is 0 Å². The van der Waals surface area contributed by atoms with Gasteiger partial charge in [-0.3, -0.25) is 0 Å². The molecule has 2 heteroatoms. The molecule has 1 saturated heterocycles. The maximum absolute atomic E-state index is 5.77. The van der Waals surface area contributed by atoms with Crippen LogP contribution in [0.3, 0.4) is 0 Å². The van der Waals surface area contributed by atoms with E-state index in [1.807, 2.05) is 13.8 Å². The lowest BCUT2D eigenvalue weighted by molar-refractivity contribution is 0.0177. The van der Waals surface area contributed by atoms with Gasteiger partial charge in [-0.15, -0.1) is 0 Å². The topological polar surface area (TPSA) is 21.8 Å².